The van der Waals surface area contributed by atoms with Gasteiger partial charge in [-0.15, -0.1) is 11.8 Å². The molecule has 1 amide bonds. The zero-order valence-electron chi connectivity index (χ0n) is 15.5. The average Bonchev–Trinajstić information content (AvgIpc) is 2.87. The highest BCUT2D eigenvalue weighted by atomic mass is 32.2. The Morgan fingerprint density at radius 3 is 2.78 bits per heavy atom. The monoisotopic (exact) mass is 379 g/mol. The highest BCUT2D eigenvalue weighted by Crippen LogP contribution is 2.44. The molecule has 138 valence electrons. The van der Waals surface area contributed by atoms with Gasteiger partial charge in [-0.25, -0.2) is 4.68 Å². The largest absolute Gasteiger partial charge is 0.497 e. The van der Waals surface area contributed by atoms with E-state index < -0.39 is 0 Å². The van der Waals surface area contributed by atoms with Crippen LogP contribution in [0.3, 0.4) is 0 Å². The first-order chi connectivity index (χ1) is 13.1. The van der Waals surface area contributed by atoms with Gasteiger partial charge in [0.1, 0.15) is 11.6 Å². The van der Waals surface area contributed by atoms with Crippen molar-refractivity contribution in [3.63, 3.8) is 0 Å². The number of hydrogen-bond donors (Lipinski definition) is 1. The number of amides is 1. The Kier molecular flexibility index (Phi) is 4.66. The van der Waals surface area contributed by atoms with Crippen molar-refractivity contribution in [1.29, 1.82) is 0 Å². The Bertz CT molecular complexity index is 1010. The smallest absolute Gasteiger partial charge is 0.235 e. The maximum Gasteiger partial charge on any atom is 0.235 e. The van der Waals surface area contributed by atoms with Crippen LogP contribution >= 0.6 is 11.8 Å². The van der Waals surface area contributed by atoms with Crippen LogP contribution in [-0.2, 0) is 4.79 Å². The standard InChI is InChI=1S/C21H21N3O2S/c1-13-7-4-5-10-17(13)24-21-19(14(2)23-24)20(27-12-18(25)22-21)15-8-6-9-16(11-15)26-3/h4-11,20H,12H2,1-3H3,(H,22,25)/t20-/m0/s1. The Morgan fingerprint density at radius 2 is 2.00 bits per heavy atom. The van der Waals surface area contributed by atoms with E-state index in [2.05, 4.69) is 11.4 Å². The molecule has 0 aliphatic carbocycles. The fourth-order valence-corrected chi connectivity index (χ4v) is 4.60. The summed E-state index contributed by atoms with van der Waals surface area (Å²) in [7, 11) is 1.66. The van der Waals surface area contributed by atoms with Crippen LogP contribution in [0.5, 0.6) is 5.75 Å². The van der Waals surface area contributed by atoms with E-state index in [9.17, 15) is 4.79 Å². The number of nitrogens with one attached hydrogen (secondary N) is 1. The van der Waals surface area contributed by atoms with Crippen LogP contribution in [-0.4, -0.2) is 28.6 Å². The van der Waals surface area contributed by atoms with Crippen molar-refractivity contribution in [2.24, 2.45) is 0 Å². The third-order valence-electron chi connectivity index (χ3n) is 4.75. The van der Waals surface area contributed by atoms with Gasteiger partial charge >= 0.3 is 0 Å². The maximum absolute atomic E-state index is 12.4. The number of para-hydroxylation sites is 1. The van der Waals surface area contributed by atoms with E-state index in [0.29, 0.717) is 5.75 Å². The number of aromatic nitrogens is 2. The minimum absolute atomic E-state index is 0.00631. The van der Waals surface area contributed by atoms with Gasteiger partial charge in [0.25, 0.3) is 0 Å². The molecule has 3 aromatic rings. The number of anilines is 1. The topological polar surface area (TPSA) is 56.1 Å². The highest BCUT2D eigenvalue weighted by Gasteiger charge is 2.31. The summed E-state index contributed by atoms with van der Waals surface area (Å²) in [4.78, 5) is 12.4. The number of methoxy groups -OCH3 is 1. The number of aryl methyl sites for hydroxylation is 2. The van der Waals surface area contributed by atoms with Crippen LogP contribution in [0.15, 0.2) is 48.5 Å². The zero-order valence-corrected chi connectivity index (χ0v) is 16.3. The molecule has 0 unspecified atom stereocenters. The summed E-state index contributed by atoms with van der Waals surface area (Å²) in [5.41, 5.74) is 5.13. The van der Waals surface area contributed by atoms with Crippen LogP contribution < -0.4 is 10.1 Å². The predicted molar refractivity (Wildman–Crippen MR) is 109 cm³/mol. The highest BCUT2D eigenvalue weighted by molar-refractivity contribution is 8.00. The summed E-state index contributed by atoms with van der Waals surface area (Å²) in [5, 5.41) is 7.86. The van der Waals surface area contributed by atoms with Gasteiger partial charge < -0.3 is 10.1 Å². The van der Waals surface area contributed by atoms with Crippen molar-refractivity contribution >= 4 is 23.5 Å². The van der Waals surface area contributed by atoms with Gasteiger partial charge in [-0.05, 0) is 43.2 Å². The lowest BCUT2D eigenvalue weighted by atomic mass is 10.0. The van der Waals surface area contributed by atoms with E-state index in [1.54, 1.807) is 18.9 Å². The summed E-state index contributed by atoms with van der Waals surface area (Å²) in [6, 6.07) is 16.1. The van der Waals surface area contributed by atoms with Crippen molar-refractivity contribution in [3.05, 3.63) is 70.9 Å². The fourth-order valence-electron chi connectivity index (χ4n) is 3.43. The fraction of sp³-hybridized carbons (Fsp3) is 0.238. The second kappa shape index (κ2) is 7.12. The van der Waals surface area contributed by atoms with E-state index in [0.717, 1.165) is 39.6 Å². The van der Waals surface area contributed by atoms with Crippen molar-refractivity contribution in [3.8, 4) is 11.4 Å². The van der Waals surface area contributed by atoms with Crippen LogP contribution in [0, 0.1) is 13.8 Å². The molecule has 0 fully saturated rings. The number of ether oxygens (including phenoxy) is 1. The maximum atomic E-state index is 12.4. The Balaban J connectivity index is 1.90. The van der Waals surface area contributed by atoms with Gasteiger partial charge in [-0.3, -0.25) is 4.79 Å². The molecule has 0 saturated heterocycles. The number of fused-ring (bicyclic) bond motifs is 1. The molecular weight excluding hydrogens is 358 g/mol. The van der Waals surface area contributed by atoms with Crippen molar-refractivity contribution in [2.45, 2.75) is 19.1 Å². The molecular formula is C21H21N3O2S. The SMILES string of the molecule is COc1cccc([C@@H]2SCC(=O)Nc3c2c(C)nn3-c2ccccc2C)c1. The quantitative estimate of drug-likeness (QED) is 0.738. The van der Waals surface area contributed by atoms with Gasteiger partial charge in [0, 0.05) is 5.56 Å². The molecule has 27 heavy (non-hydrogen) atoms. The number of thioether (sulfide) groups is 1. The Hall–Kier alpha value is -2.73. The molecule has 2 heterocycles. The van der Waals surface area contributed by atoms with Crippen LogP contribution in [0.4, 0.5) is 5.82 Å². The first kappa shape index (κ1) is 17.7. The zero-order chi connectivity index (χ0) is 19.0. The Morgan fingerprint density at radius 1 is 1.19 bits per heavy atom. The molecule has 1 atom stereocenters. The molecule has 1 N–H and O–H groups in total. The van der Waals surface area contributed by atoms with Crippen molar-refractivity contribution in [1.82, 2.24) is 9.78 Å². The van der Waals surface area contributed by atoms with E-state index >= 15 is 0 Å². The summed E-state index contributed by atoms with van der Waals surface area (Å²) < 4.78 is 7.25. The summed E-state index contributed by atoms with van der Waals surface area (Å²) in [6.07, 6.45) is 0. The van der Waals surface area contributed by atoms with Crippen molar-refractivity contribution < 1.29 is 9.53 Å². The van der Waals surface area contributed by atoms with Crippen LogP contribution in [0.25, 0.3) is 5.69 Å². The molecule has 0 radical (unpaired) electrons. The predicted octanol–water partition coefficient (Wildman–Crippen LogP) is 4.27. The molecule has 2 aromatic carbocycles. The molecule has 6 heteroatoms. The summed E-state index contributed by atoms with van der Waals surface area (Å²) in [5.74, 6) is 1.94. The van der Waals surface area contributed by atoms with E-state index in [-0.39, 0.29) is 11.2 Å². The number of hydrogen-bond acceptors (Lipinski definition) is 4. The lowest BCUT2D eigenvalue weighted by molar-refractivity contribution is -0.113. The van der Waals surface area contributed by atoms with Gasteiger partial charge in [-0.2, -0.15) is 5.10 Å². The third-order valence-corrected chi connectivity index (χ3v) is 6.02. The van der Waals surface area contributed by atoms with Gasteiger partial charge in [0.2, 0.25) is 5.91 Å². The van der Waals surface area contributed by atoms with Gasteiger partial charge in [0.15, 0.2) is 0 Å². The Labute approximate surface area is 162 Å². The number of carbonyl (C=O) groups excluding carboxylic acids is 1. The molecule has 5 nitrogen and oxygen atoms in total. The number of rotatable bonds is 3. The molecule has 0 spiro atoms. The van der Waals surface area contributed by atoms with Crippen LogP contribution in [0.2, 0.25) is 0 Å². The average molecular weight is 379 g/mol. The van der Waals surface area contributed by atoms with Crippen LogP contribution in [0.1, 0.15) is 27.6 Å². The molecule has 4 rings (SSSR count). The van der Waals surface area contributed by atoms with Gasteiger partial charge in [-0.1, -0.05) is 30.3 Å². The summed E-state index contributed by atoms with van der Waals surface area (Å²) in [6.45, 7) is 4.05. The van der Waals surface area contributed by atoms with E-state index in [4.69, 9.17) is 9.84 Å². The molecule has 1 aliphatic heterocycles. The second-order valence-corrected chi connectivity index (χ2v) is 7.66. The number of nitrogens with zero attached hydrogens (tertiary/aromatic N) is 2. The lowest BCUT2D eigenvalue weighted by Crippen LogP contribution is -2.16. The first-order valence-electron chi connectivity index (χ1n) is 8.79. The summed E-state index contributed by atoms with van der Waals surface area (Å²) >= 11 is 1.61. The molecule has 0 bridgehead atoms. The number of benzene rings is 2. The van der Waals surface area contributed by atoms with Crippen molar-refractivity contribution in [2.75, 3.05) is 18.2 Å². The third kappa shape index (κ3) is 3.21. The van der Waals surface area contributed by atoms with Gasteiger partial charge in [0.05, 0.1) is 29.5 Å². The second-order valence-electron chi connectivity index (χ2n) is 6.56. The van der Waals surface area contributed by atoms with E-state index in [1.807, 2.05) is 61.0 Å². The lowest BCUT2D eigenvalue weighted by Gasteiger charge is -2.16. The minimum atomic E-state index is -0.0126. The molecule has 1 aromatic heterocycles. The molecule has 0 saturated carbocycles. The number of carbonyl (C=O) groups is 1. The minimum Gasteiger partial charge on any atom is -0.497 e. The van der Waals surface area contributed by atoms with E-state index in [1.165, 1.54) is 0 Å². The molecule has 1 aliphatic rings. The normalized spacial score (nSPS) is 16.4. The first-order valence-corrected chi connectivity index (χ1v) is 9.84.